The average molecular weight is 204 g/mol. The normalized spacial score (nSPS) is 13.1. The van der Waals surface area contributed by atoms with Crippen LogP contribution in [0.1, 0.15) is 20.8 Å². The molecule has 0 spiro atoms. The molecule has 0 amide bonds. The first kappa shape index (κ1) is 12.8. The van der Waals surface area contributed by atoms with Crippen molar-refractivity contribution in [2.45, 2.75) is 33.9 Å². The molecule has 0 saturated heterocycles. The average Bonchev–Trinajstić information content (AvgIpc) is 2.01. The van der Waals surface area contributed by atoms with Crippen LogP contribution in [0.5, 0.6) is 0 Å². The molecule has 0 aliphatic carbocycles. The highest BCUT2D eigenvalue weighted by molar-refractivity contribution is 6.64. The molecule has 0 aromatic rings. The topological polar surface area (TPSA) is 35.5 Å². The second-order valence-corrected chi connectivity index (χ2v) is 7.83. The Morgan fingerprint density at radius 2 is 1.85 bits per heavy atom. The maximum absolute atomic E-state index is 11.2. The van der Waals surface area contributed by atoms with E-state index in [1.807, 2.05) is 26.9 Å². The van der Waals surface area contributed by atoms with Crippen LogP contribution in [0.4, 0.5) is 0 Å². The summed E-state index contributed by atoms with van der Waals surface area (Å²) in [6, 6.07) is 0. The molecule has 0 aliphatic rings. The lowest BCUT2D eigenvalue weighted by Crippen LogP contribution is -2.39. The molecule has 0 saturated carbocycles. The first-order valence-corrected chi connectivity index (χ1v) is 7.23. The summed E-state index contributed by atoms with van der Waals surface area (Å²) < 4.78 is 10.8. The highest BCUT2D eigenvalue weighted by Gasteiger charge is 2.30. The molecule has 0 heterocycles. The van der Waals surface area contributed by atoms with E-state index < -0.39 is 14.0 Å². The van der Waals surface area contributed by atoms with Crippen molar-refractivity contribution in [1.82, 2.24) is 0 Å². The molecule has 4 heteroatoms. The fourth-order valence-electron chi connectivity index (χ4n) is 0.515. The first-order valence-electron chi connectivity index (χ1n) is 4.41. The summed E-state index contributed by atoms with van der Waals surface area (Å²) >= 11 is 0. The molecule has 3 nitrogen and oxygen atoms in total. The summed E-state index contributed by atoms with van der Waals surface area (Å²) in [5, 5.41) is 0. The lowest BCUT2D eigenvalue weighted by molar-refractivity contribution is -0.126. The number of hydrogen-bond donors (Lipinski definition) is 0. The predicted molar refractivity (Wildman–Crippen MR) is 54.9 cm³/mol. The van der Waals surface area contributed by atoms with Crippen LogP contribution in [0.15, 0.2) is 0 Å². The number of ketones is 1. The molecule has 0 N–H and O–H groups in total. The largest absolute Gasteiger partial charge is 0.398 e. The quantitative estimate of drug-likeness (QED) is 0.642. The van der Waals surface area contributed by atoms with Gasteiger partial charge in [-0.1, -0.05) is 13.8 Å². The smallest absolute Gasteiger partial charge is 0.331 e. The summed E-state index contributed by atoms with van der Waals surface area (Å²) in [4.78, 5) is 11.2. The molecule has 0 unspecified atom stereocenters. The SMILES string of the molecule is CO[Si](C)(C)OCC(C)(C)C(C)=O. The van der Waals surface area contributed by atoms with Crippen LogP contribution in [-0.4, -0.2) is 28.1 Å². The zero-order valence-corrected chi connectivity index (χ0v) is 10.4. The molecule has 0 bridgehead atoms. The zero-order valence-electron chi connectivity index (χ0n) is 9.43. The Morgan fingerprint density at radius 3 is 2.15 bits per heavy atom. The summed E-state index contributed by atoms with van der Waals surface area (Å²) in [5.74, 6) is 0.147. The zero-order chi connectivity index (χ0) is 10.7. The number of Topliss-reactive ketones (excluding diaryl/α,β-unsaturated/α-hetero) is 1. The highest BCUT2D eigenvalue weighted by Crippen LogP contribution is 2.19. The van der Waals surface area contributed by atoms with Gasteiger partial charge in [-0.2, -0.15) is 0 Å². The van der Waals surface area contributed by atoms with Gasteiger partial charge in [-0.15, -0.1) is 0 Å². The molecule has 0 radical (unpaired) electrons. The van der Waals surface area contributed by atoms with Gasteiger partial charge in [-0.25, -0.2) is 0 Å². The van der Waals surface area contributed by atoms with Crippen molar-refractivity contribution in [2.24, 2.45) is 5.41 Å². The number of rotatable bonds is 5. The number of carbonyl (C=O) groups excluding carboxylic acids is 1. The van der Waals surface area contributed by atoms with E-state index in [1.54, 1.807) is 14.0 Å². The van der Waals surface area contributed by atoms with E-state index in [4.69, 9.17) is 8.85 Å². The Hall–Kier alpha value is -0.193. The molecule has 0 aliphatic heterocycles. The van der Waals surface area contributed by atoms with Gasteiger partial charge in [0.25, 0.3) is 0 Å². The van der Waals surface area contributed by atoms with E-state index in [0.29, 0.717) is 6.61 Å². The Kier molecular flexibility index (Phi) is 4.28. The first-order chi connectivity index (χ1) is 5.71. The van der Waals surface area contributed by atoms with Crippen LogP contribution >= 0.6 is 0 Å². The van der Waals surface area contributed by atoms with E-state index in [2.05, 4.69) is 0 Å². The van der Waals surface area contributed by atoms with Crippen molar-refractivity contribution in [1.29, 1.82) is 0 Å². The monoisotopic (exact) mass is 204 g/mol. The third-order valence-electron chi connectivity index (χ3n) is 2.23. The van der Waals surface area contributed by atoms with E-state index in [1.165, 1.54) is 0 Å². The van der Waals surface area contributed by atoms with Gasteiger partial charge in [0.15, 0.2) is 0 Å². The van der Waals surface area contributed by atoms with Gasteiger partial charge in [0, 0.05) is 19.1 Å². The van der Waals surface area contributed by atoms with Gasteiger partial charge in [-0.05, 0) is 20.0 Å². The fourth-order valence-corrected chi connectivity index (χ4v) is 1.34. The lowest BCUT2D eigenvalue weighted by Gasteiger charge is -2.27. The second kappa shape index (κ2) is 4.35. The standard InChI is InChI=1S/C9H20O3Si/c1-8(10)9(2,3)7-12-13(5,6)11-4/h7H2,1-6H3. The minimum Gasteiger partial charge on any atom is -0.398 e. The number of hydrogen-bond acceptors (Lipinski definition) is 3. The van der Waals surface area contributed by atoms with Crippen LogP contribution in [-0.2, 0) is 13.6 Å². The van der Waals surface area contributed by atoms with E-state index in [9.17, 15) is 4.79 Å². The highest BCUT2D eigenvalue weighted by atomic mass is 28.4. The molecule has 0 aromatic heterocycles. The Labute approximate surface area is 81.7 Å². The van der Waals surface area contributed by atoms with Crippen molar-refractivity contribution < 1.29 is 13.6 Å². The van der Waals surface area contributed by atoms with Crippen LogP contribution < -0.4 is 0 Å². The molecule has 78 valence electrons. The van der Waals surface area contributed by atoms with Crippen molar-refractivity contribution in [3.63, 3.8) is 0 Å². The van der Waals surface area contributed by atoms with E-state index in [-0.39, 0.29) is 5.78 Å². The van der Waals surface area contributed by atoms with Gasteiger partial charge < -0.3 is 8.85 Å². The molecule has 0 aromatic carbocycles. The molecule has 0 atom stereocenters. The third kappa shape index (κ3) is 4.54. The van der Waals surface area contributed by atoms with Crippen molar-refractivity contribution in [2.75, 3.05) is 13.7 Å². The second-order valence-electron chi connectivity index (χ2n) is 4.33. The number of carbonyl (C=O) groups is 1. The van der Waals surface area contributed by atoms with Crippen LogP contribution in [0.25, 0.3) is 0 Å². The molecular weight excluding hydrogens is 184 g/mol. The van der Waals surface area contributed by atoms with Gasteiger partial charge in [0.2, 0.25) is 0 Å². The van der Waals surface area contributed by atoms with Gasteiger partial charge in [-0.3, -0.25) is 4.79 Å². The fraction of sp³-hybridized carbons (Fsp3) is 0.889. The maximum Gasteiger partial charge on any atom is 0.331 e. The summed E-state index contributed by atoms with van der Waals surface area (Å²) in [6.07, 6.45) is 0. The lowest BCUT2D eigenvalue weighted by atomic mass is 9.90. The predicted octanol–water partition coefficient (Wildman–Crippen LogP) is 1.97. The third-order valence-corrected chi connectivity index (χ3v) is 4.05. The van der Waals surface area contributed by atoms with Crippen LogP contribution in [0.2, 0.25) is 13.1 Å². The molecule has 0 rings (SSSR count). The minimum atomic E-state index is -1.99. The minimum absolute atomic E-state index is 0.147. The Balaban J connectivity index is 4.09. The van der Waals surface area contributed by atoms with Crippen LogP contribution in [0.3, 0.4) is 0 Å². The summed E-state index contributed by atoms with van der Waals surface area (Å²) in [7, 11) is -0.339. The Bertz CT molecular complexity index is 187. The van der Waals surface area contributed by atoms with Gasteiger partial charge >= 0.3 is 8.56 Å². The van der Waals surface area contributed by atoms with Crippen molar-refractivity contribution in [3.05, 3.63) is 0 Å². The van der Waals surface area contributed by atoms with Crippen molar-refractivity contribution >= 4 is 14.3 Å². The van der Waals surface area contributed by atoms with Gasteiger partial charge in [0.1, 0.15) is 5.78 Å². The van der Waals surface area contributed by atoms with Gasteiger partial charge in [0.05, 0.1) is 0 Å². The molecule has 13 heavy (non-hydrogen) atoms. The summed E-state index contributed by atoms with van der Waals surface area (Å²) in [6.45, 7) is 9.72. The molecular formula is C9H20O3Si. The van der Waals surface area contributed by atoms with E-state index >= 15 is 0 Å². The van der Waals surface area contributed by atoms with E-state index in [0.717, 1.165) is 0 Å². The Morgan fingerprint density at radius 1 is 1.38 bits per heavy atom. The van der Waals surface area contributed by atoms with Crippen molar-refractivity contribution in [3.8, 4) is 0 Å². The molecule has 0 fully saturated rings. The maximum atomic E-state index is 11.2. The summed E-state index contributed by atoms with van der Waals surface area (Å²) in [5.41, 5.74) is -0.400. The van der Waals surface area contributed by atoms with Crippen LogP contribution in [0, 0.1) is 5.41 Å².